The minimum Gasteiger partial charge on any atom is -0.352 e. The van der Waals surface area contributed by atoms with Crippen molar-refractivity contribution < 1.29 is 18.0 Å². The Labute approximate surface area is 217 Å². The van der Waals surface area contributed by atoms with Crippen LogP contribution >= 0.6 is 23.2 Å². The summed E-state index contributed by atoms with van der Waals surface area (Å²) < 4.78 is 26.3. The molecular weight excluding hydrogens is 509 g/mol. The molecule has 10 heteroatoms. The van der Waals surface area contributed by atoms with Crippen molar-refractivity contribution >= 4 is 50.7 Å². The number of nitrogens with zero attached hydrogens (tertiary/aromatic N) is 2. The molecule has 1 N–H and O–H groups in total. The summed E-state index contributed by atoms with van der Waals surface area (Å²) in [5, 5.41) is 3.29. The normalized spacial score (nSPS) is 15.0. The minimum absolute atomic E-state index is 0.0352. The van der Waals surface area contributed by atoms with Crippen molar-refractivity contribution in [1.29, 1.82) is 0 Å². The maximum Gasteiger partial charge on any atom is 0.244 e. The van der Waals surface area contributed by atoms with Gasteiger partial charge in [-0.3, -0.25) is 13.9 Å². The van der Waals surface area contributed by atoms with Crippen molar-refractivity contribution in [3.05, 3.63) is 64.1 Å². The van der Waals surface area contributed by atoms with Crippen molar-refractivity contribution in [3.63, 3.8) is 0 Å². The number of hydrogen-bond donors (Lipinski definition) is 1. The lowest BCUT2D eigenvalue weighted by Crippen LogP contribution is -2.53. The van der Waals surface area contributed by atoms with Crippen LogP contribution in [0.1, 0.15) is 44.6 Å². The smallest absolute Gasteiger partial charge is 0.244 e. The zero-order valence-corrected chi connectivity index (χ0v) is 22.2. The van der Waals surface area contributed by atoms with Gasteiger partial charge in [-0.1, -0.05) is 79.4 Å². The van der Waals surface area contributed by atoms with Crippen LogP contribution in [0.3, 0.4) is 0 Å². The van der Waals surface area contributed by atoms with Gasteiger partial charge in [0.25, 0.3) is 0 Å². The predicted octanol–water partition coefficient (Wildman–Crippen LogP) is 4.63. The maximum absolute atomic E-state index is 13.7. The summed E-state index contributed by atoms with van der Waals surface area (Å²) in [4.78, 5) is 28.4. The van der Waals surface area contributed by atoms with Crippen molar-refractivity contribution in [1.82, 2.24) is 10.2 Å². The fourth-order valence-electron chi connectivity index (χ4n) is 4.35. The van der Waals surface area contributed by atoms with Crippen LogP contribution in [0.25, 0.3) is 0 Å². The molecule has 0 saturated heterocycles. The van der Waals surface area contributed by atoms with Gasteiger partial charge in [0, 0.05) is 12.6 Å². The first kappa shape index (κ1) is 27.3. The van der Waals surface area contributed by atoms with Crippen LogP contribution in [0.2, 0.25) is 10.0 Å². The van der Waals surface area contributed by atoms with E-state index in [-0.39, 0.29) is 34.2 Å². The molecule has 2 amide bonds. The van der Waals surface area contributed by atoms with E-state index in [0.29, 0.717) is 6.42 Å². The standard InChI is InChI=1S/C25H31Cl2N3O4S/c1-3-21(25(32)28-19-12-7-8-13-19)29(16-18-10-5-4-6-11-18)23(31)17-30(35(2,33)34)22-15-9-14-20(26)24(22)27/h4-6,9-11,14-15,19,21H,3,7-8,12-13,16-17H2,1-2H3,(H,28,32). The second-order valence-corrected chi connectivity index (χ2v) is 11.5. The Balaban J connectivity index is 1.93. The largest absolute Gasteiger partial charge is 0.352 e. The van der Waals surface area contributed by atoms with Gasteiger partial charge >= 0.3 is 0 Å². The number of carbonyl (C=O) groups excluding carboxylic acids is 2. The lowest BCUT2D eigenvalue weighted by atomic mass is 10.1. The van der Waals surface area contributed by atoms with Crippen LogP contribution in [-0.2, 0) is 26.2 Å². The maximum atomic E-state index is 13.7. The third-order valence-electron chi connectivity index (χ3n) is 6.16. The lowest BCUT2D eigenvalue weighted by molar-refractivity contribution is -0.140. The third-order valence-corrected chi connectivity index (χ3v) is 8.10. The monoisotopic (exact) mass is 539 g/mol. The first-order valence-corrected chi connectivity index (χ1v) is 14.3. The molecule has 1 saturated carbocycles. The topological polar surface area (TPSA) is 86.8 Å². The van der Waals surface area contributed by atoms with Gasteiger partial charge in [0.1, 0.15) is 12.6 Å². The Morgan fingerprint density at radius 1 is 1.06 bits per heavy atom. The molecular formula is C25H31Cl2N3O4S. The number of benzene rings is 2. The van der Waals surface area contributed by atoms with Crippen LogP contribution in [-0.4, -0.2) is 50.0 Å². The molecule has 1 aliphatic rings. The Morgan fingerprint density at radius 2 is 1.71 bits per heavy atom. The van der Waals surface area contributed by atoms with E-state index in [1.54, 1.807) is 6.07 Å². The number of nitrogens with one attached hydrogen (secondary N) is 1. The molecule has 0 spiro atoms. The van der Waals surface area contributed by atoms with Gasteiger partial charge in [0.05, 0.1) is 22.0 Å². The summed E-state index contributed by atoms with van der Waals surface area (Å²) in [6.45, 7) is 1.49. The molecule has 3 rings (SSSR count). The van der Waals surface area contributed by atoms with Crippen LogP contribution in [0.15, 0.2) is 48.5 Å². The molecule has 7 nitrogen and oxygen atoms in total. The lowest BCUT2D eigenvalue weighted by Gasteiger charge is -2.33. The van der Waals surface area contributed by atoms with E-state index in [4.69, 9.17) is 23.2 Å². The minimum atomic E-state index is -3.89. The van der Waals surface area contributed by atoms with E-state index in [1.807, 2.05) is 37.3 Å². The van der Waals surface area contributed by atoms with Crippen molar-refractivity contribution in [3.8, 4) is 0 Å². The summed E-state index contributed by atoms with van der Waals surface area (Å²) in [6.07, 6.45) is 5.36. The van der Waals surface area contributed by atoms with Gasteiger partial charge < -0.3 is 10.2 Å². The molecule has 1 unspecified atom stereocenters. The zero-order chi connectivity index (χ0) is 25.6. The zero-order valence-electron chi connectivity index (χ0n) is 19.9. The molecule has 1 atom stereocenters. The van der Waals surface area contributed by atoms with E-state index in [0.717, 1.165) is 41.8 Å². The fourth-order valence-corrected chi connectivity index (χ4v) is 5.65. The van der Waals surface area contributed by atoms with E-state index in [1.165, 1.54) is 17.0 Å². The Bertz CT molecular complexity index is 1140. The molecule has 0 aliphatic heterocycles. The summed E-state index contributed by atoms with van der Waals surface area (Å²) in [6, 6.07) is 13.3. The molecule has 2 aromatic carbocycles. The highest BCUT2D eigenvalue weighted by atomic mass is 35.5. The summed E-state index contributed by atoms with van der Waals surface area (Å²) >= 11 is 12.4. The second-order valence-electron chi connectivity index (χ2n) is 8.76. The highest BCUT2D eigenvalue weighted by Crippen LogP contribution is 2.33. The number of sulfonamides is 1. The highest BCUT2D eigenvalue weighted by Gasteiger charge is 2.33. The molecule has 0 radical (unpaired) electrons. The van der Waals surface area contributed by atoms with E-state index < -0.39 is 28.5 Å². The molecule has 1 aliphatic carbocycles. The number of anilines is 1. The van der Waals surface area contributed by atoms with Gasteiger partial charge in [-0.05, 0) is 37.0 Å². The predicted molar refractivity (Wildman–Crippen MR) is 140 cm³/mol. The fraction of sp³-hybridized carbons (Fsp3) is 0.440. The van der Waals surface area contributed by atoms with E-state index in [9.17, 15) is 18.0 Å². The SMILES string of the molecule is CCC(C(=O)NC1CCCC1)N(Cc1ccccc1)C(=O)CN(c1cccc(Cl)c1Cl)S(C)(=O)=O. The second kappa shape index (κ2) is 12.1. The number of rotatable bonds is 10. The third kappa shape index (κ3) is 7.12. The molecule has 0 heterocycles. The first-order valence-electron chi connectivity index (χ1n) is 11.7. The Kier molecular flexibility index (Phi) is 9.44. The number of carbonyl (C=O) groups is 2. The number of amides is 2. The van der Waals surface area contributed by atoms with Gasteiger partial charge in [0.15, 0.2) is 0 Å². The van der Waals surface area contributed by atoms with Gasteiger partial charge in [-0.15, -0.1) is 0 Å². The van der Waals surface area contributed by atoms with Crippen molar-refractivity contribution in [2.24, 2.45) is 0 Å². The first-order chi connectivity index (χ1) is 16.6. The van der Waals surface area contributed by atoms with Crippen LogP contribution in [0, 0.1) is 0 Å². The van der Waals surface area contributed by atoms with Crippen LogP contribution in [0.5, 0.6) is 0 Å². The summed E-state index contributed by atoms with van der Waals surface area (Å²) in [7, 11) is -3.89. The molecule has 35 heavy (non-hydrogen) atoms. The Hall–Kier alpha value is -2.29. The number of hydrogen-bond acceptors (Lipinski definition) is 4. The van der Waals surface area contributed by atoms with Crippen molar-refractivity contribution in [2.75, 3.05) is 17.1 Å². The van der Waals surface area contributed by atoms with Crippen LogP contribution in [0.4, 0.5) is 5.69 Å². The van der Waals surface area contributed by atoms with E-state index in [2.05, 4.69) is 5.32 Å². The summed E-state index contributed by atoms with van der Waals surface area (Å²) in [5.41, 5.74) is 0.942. The van der Waals surface area contributed by atoms with E-state index >= 15 is 0 Å². The van der Waals surface area contributed by atoms with Crippen LogP contribution < -0.4 is 9.62 Å². The highest BCUT2D eigenvalue weighted by molar-refractivity contribution is 7.92. The Morgan fingerprint density at radius 3 is 2.31 bits per heavy atom. The number of halogens is 2. The van der Waals surface area contributed by atoms with Gasteiger partial charge in [-0.2, -0.15) is 0 Å². The average molecular weight is 541 g/mol. The van der Waals surface area contributed by atoms with Gasteiger partial charge in [-0.25, -0.2) is 8.42 Å². The molecule has 1 fully saturated rings. The molecule has 2 aromatic rings. The molecule has 0 aromatic heterocycles. The summed E-state index contributed by atoms with van der Waals surface area (Å²) in [5.74, 6) is -0.737. The molecule has 190 valence electrons. The van der Waals surface area contributed by atoms with Gasteiger partial charge in [0.2, 0.25) is 21.8 Å². The van der Waals surface area contributed by atoms with Crippen molar-refractivity contribution in [2.45, 2.75) is 57.7 Å². The average Bonchev–Trinajstić information content (AvgIpc) is 3.32. The molecule has 0 bridgehead atoms. The quantitative estimate of drug-likeness (QED) is 0.476.